The normalized spacial score (nSPS) is 14.4. The summed E-state index contributed by atoms with van der Waals surface area (Å²) < 4.78 is 35.0. The van der Waals surface area contributed by atoms with E-state index in [0.717, 1.165) is 35.1 Å². The summed E-state index contributed by atoms with van der Waals surface area (Å²) in [5, 5.41) is 4.34. The zero-order valence-corrected chi connectivity index (χ0v) is 17.2. The summed E-state index contributed by atoms with van der Waals surface area (Å²) >= 11 is 0. The number of sulfone groups is 1. The Morgan fingerprint density at radius 3 is 2.66 bits per heavy atom. The molecule has 1 heterocycles. The average molecular weight is 413 g/mol. The second-order valence-corrected chi connectivity index (χ2v) is 9.24. The summed E-state index contributed by atoms with van der Waals surface area (Å²) in [4.78, 5) is 9.02. The number of hydrogen-bond acceptors (Lipinski definition) is 7. The van der Waals surface area contributed by atoms with Crippen molar-refractivity contribution >= 4 is 26.6 Å². The SMILES string of the molecule is COc1cc2c(NC3CCC3)ncnc2cc1OCc1cccc(S(C)(=O)=O)c1. The van der Waals surface area contributed by atoms with Gasteiger partial charge in [0.15, 0.2) is 21.3 Å². The predicted molar refractivity (Wildman–Crippen MR) is 111 cm³/mol. The van der Waals surface area contributed by atoms with Crippen LogP contribution >= 0.6 is 0 Å². The van der Waals surface area contributed by atoms with Gasteiger partial charge in [-0.2, -0.15) is 0 Å². The van der Waals surface area contributed by atoms with Crippen molar-refractivity contribution in [3.63, 3.8) is 0 Å². The van der Waals surface area contributed by atoms with E-state index in [1.807, 2.05) is 18.2 Å². The fourth-order valence-electron chi connectivity index (χ4n) is 3.22. The smallest absolute Gasteiger partial charge is 0.175 e. The van der Waals surface area contributed by atoms with E-state index in [-0.39, 0.29) is 11.5 Å². The third-order valence-corrected chi connectivity index (χ3v) is 6.20. The molecule has 1 aromatic heterocycles. The predicted octanol–water partition coefficient (Wildman–Crippen LogP) is 3.59. The van der Waals surface area contributed by atoms with Gasteiger partial charge in [-0.05, 0) is 43.0 Å². The number of nitrogens with zero attached hydrogens (tertiary/aromatic N) is 2. The van der Waals surface area contributed by atoms with Crippen LogP contribution in [-0.4, -0.2) is 37.8 Å². The van der Waals surface area contributed by atoms with E-state index in [0.29, 0.717) is 17.5 Å². The molecule has 152 valence electrons. The number of methoxy groups -OCH3 is 1. The van der Waals surface area contributed by atoms with Crippen LogP contribution in [0.4, 0.5) is 5.82 Å². The van der Waals surface area contributed by atoms with Crippen molar-refractivity contribution in [3.8, 4) is 11.5 Å². The van der Waals surface area contributed by atoms with E-state index in [1.54, 1.807) is 25.3 Å². The van der Waals surface area contributed by atoms with E-state index < -0.39 is 9.84 Å². The Hall–Kier alpha value is -2.87. The van der Waals surface area contributed by atoms with Gasteiger partial charge in [0.05, 0.1) is 17.5 Å². The van der Waals surface area contributed by atoms with Crippen LogP contribution < -0.4 is 14.8 Å². The summed E-state index contributed by atoms with van der Waals surface area (Å²) in [6.45, 7) is 0.212. The minimum Gasteiger partial charge on any atom is -0.493 e. The molecule has 0 radical (unpaired) electrons. The van der Waals surface area contributed by atoms with Gasteiger partial charge in [-0.1, -0.05) is 12.1 Å². The molecular weight excluding hydrogens is 390 g/mol. The summed E-state index contributed by atoms with van der Waals surface area (Å²) in [6.07, 6.45) is 6.26. The monoisotopic (exact) mass is 413 g/mol. The zero-order chi connectivity index (χ0) is 20.4. The van der Waals surface area contributed by atoms with Gasteiger partial charge < -0.3 is 14.8 Å². The number of anilines is 1. The Labute approximate surface area is 170 Å². The Morgan fingerprint density at radius 2 is 1.97 bits per heavy atom. The number of nitrogens with one attached hydrogen (secondary N) is 1. The summed E-state index contributed by atoms with van der Waals surface area (Å²) in [5.74, 6) is 1.91. The molecule has 1 aliphatic carbocycles. The molecule has 1 saturated carbocycles. The van der Waals surface area contributed by atoms with Crippen LogP contribution in [0.3, 0.4) is 0 Å². The highest BCUT2D eigenvalue weighted by molar-refractivity contribution is 7.90. The lowest BCUT2D eigenvalue weighted by Crippen LogP contribution is -2.27. The molecule has 29 heavy (non-hydrogen) atoms. The van der Waals surface area contributed by atoms with Crippen LogP contribution in [0.25, 0.3) is 10.9 Å². The maximum Gasteiger partial charge on any atom is 0.175 e. The molecule has 0 atom stereocenters. The number of benzene rings is 2. The van der Waals surface area contributed by atoms with E-state index in [2.05, 4.69) is 15.3 Å². The third kappa shape index (κ3) is 4.27. The van der Waals surface area contributed by atoms with E-state index in [9.17, 15) is 8.42 Å². The number of fused-ring (bicyclic) bond motifs is 1. The lowest BCUT2D eigenvalue weighted by molar-refractivity contribution is 0.285. The molecule has 0 aliphatic heterocycles. The van der Waals surface area contributed by atoms with Gasteiger partial charge in [-0.3, -0.25) is 0 Å². The quantitative estimate of drug-likeness (QED) is 0.633. The molecule has 0 amide bonds. The average Bonchev–Trinajstić information content (AvgIpc) is 2.68. The number of hydrogen-bond donors (Lipinski definition) is 1. The van der Waals surface area contributed by atoms with Gasteiger partial charge in [-0.25, -0.2) is 18.4 Å². The number of rotatable bonds is 7. The zero-order valence-electron chi connectivity index (χ0n) is 16.4. The van der Waals surface area contributed by atoms with Crippen LogP contribution in [0.1, 0.15) is 24.8 Å². The Kier molecular flexibility index (Phi) is 5.27. The molecule has 0 spiro atoms. The molecule has 1 fully saturated rings. The molecule has 1 N–H and O–H groups in total. The van der Waals surface area contributed by atoms with Crippen LogP contribution in [0, 0.1) is 0 Å². The van der Waals surface area contributed by atoms with E-state index in [4.69, 9.17) is 9.47 Å². The molecule has 7 nitrogen and oxygen atoms in total. The van der Waals surface area contributed by atoms with Crippen molar-refractivity contribution in [1.29, 1.82) is 0 Å². The highest BCUT2D eigenvalue weighted by Gasteiger charge is 2.19. The first-order valence-corrected chi connectivity index (χ1v) is 11.3. The maximum absolute atomic E-state index is 11.8. The fourth-order valence-corrected chi connectivity index (χ4v) is 3.92. The molecule has 2 aromatic carbocycles. The van der Waals surface area contributed by atoms with Crippen LogP contribution in [0.15, 0.2) is 47.6 Å². The van der Waals surface area contributed by atoms with Crippen molar-refractivity contribution < 1.29 is 17.9 Å². The molecule has 8 heteroatoms. The Bertz CT molecular complexity index is 1140. The molecule has 3 aromatic rings. The Morgan fingerprint density at radius 1 is 1.14 bits per heavy atom. The van der Waals surface area contributed by atoms with Crippen LogP contribution in [0.5, 0.6) is 11.5 Å². The standard InChI is InChI=1S/C21H23N3O4S/c1-27-19-10-17-18(22-13-23-21(17)24-15-6-4-7-15)11-20(19)28-12-14-5-3-8-16(9-14)29(2,25)26/h3,5,8-11,13,15H,4,6-7,12H2,1-2H3,(H,22,23,24). The summed E-state index contributed by atoms with van der Waals surface area (Å²) in [7, 11) is -1.68. The molecular formula is C21H23N3O4S. The Balaban J connectivity index is 1.60. The summed E-state index contributed by atoms with van der Waals surface area (Å²) in [6, 6.07) is 10.9. The summed E-state index contributed by atoms with van der Waals surface area (Å²) in [5.41, 5.74) is 1.51. The van der Waals surface area contributed by atoms with Gasteiger partial charge in [0, 0.05) is 23.8 Å². The molecule has 0 unspecified atom stereocenters. The first kappa shape index (κ1) is 19.4. The first-order chi connectivity index (χ1) is 13.9. The van der Waals surface area contributed by atoms with Gasteiger partial charge in [0.2, 0.25) is 0 Å². The molecule has 0 saturated heterocycles. The third-order valence-electron chi connectivity index (χ3n) is 5.09. The number of ether oxygens (including phenoxy) is 2. The van der Waals surface area contributed by atoms with Crippen molar-refractivity contribution in [2.24, 2.45) is 0 Å². The van der Waals surface area contributed by atoms with Crippen molar-refractivity contribution in [1.82, 2.24) is 9.97 Å². The molecule has 1 aliphatic rings. The van der Waals surface area contributed by atoms with Gasteiger partial charge >= 0.3 is 0 Å². The van der Waals surface area contributed by atoms with Crippen LogP contribution in [-0.2, 0) is 16.4 Å². The van der Waals surface area contributed by atoms with Gasteiger partial charge in [0.25, 0.3) is 0 Å². The topological polar surface area (TPSA) is 90.4 Å². The van der Waals surface area contributed by atoms with Crippen molar-refractivity contribution in [3.05, 3.63) is 48.3 Å². The maximum atomic E-state index is 11.8. The minimum absolute atomic E-state index is 0.212. The number of aromatic nitrogens is 2. The van der Waals surface area contributed by atoms with Crippen LogP contribution in [0.2, 0.25) is 0 Å². The highest BCUT2D eigenvalue weighted by Crippen LogP contribution is 2.35. The fraction of sp³-hybridized carbons (Fsp3) is 0.333. The van der Waals surface area contributed by atoms with Gasteiger partial charge in [0.1, 0.15) is 18.8 Å². The molecule has 0 bridgehead atoms. The van der Waals surface area contributed by atoms with Crippen molar-refractivity contribution in [2.45, 2.75) is 36.8 Å². The van der Waals surface area contributed by atoms with Gasteiger partial charge in [-0.15, -0.1) is 0 Å². The van der Waals surface area contributed by atoms with E-state index in [1.165, 1.54) is 19.0 Å². The lowest BCUT2D eigenvalue weighted by atomic mass is 9.93. The first-order valence-electron chi connectivity index (χ1n) is 9.45. The second-order valence-electron chi connectivity index (χ2n) is 7.22. The highest BCUT2D eigenvalue weighted by atomic mass is 32.2. The minimum atomic E-state index is -3.27. The van der Waals surface area contributed by atoms with Crippen molar-refractivity contribution in [2.75, 3.05) is 18.7 Å². The van der Waals surface area contributed by atoms with E-state index >= 15 is 0 Å². The largest absolute Gasteiger partial charge is 0.493 e. The lowest BCUT2D eigenvalue weighted by Gasteiger charge is -2.27. The molecule has 4 rings (SSSR count). The second kappa shape index (κ2) is 7.87.